The molecule has 3 rings (SSSR count). The van der Waals surface area contributed by atoms with Gasteiger partial charge in [0.15, 0.2) is 23.0 Å². The van der Waals surface area contributed by atoms with Crippen molar-refractivity contribution in [2.45, 2.75) is 6.54 Å². The van der Waals surface area contributed by atoms with Crippen LogP contribution in [0.3, 0.4) is 0 Å². The first kappa shape index (κ1) is 16.7. The Morgan fingerprint density at radius 2 is 2.00 bits per heavy atom. The van der Waals surface area contributed by atoms with E-state index in [1.165, 1.54) is 6.08 Å². The minimum absolute atomic E-state index is 0.206. The van der Waals surface area contributed by atoms with E-state index in [4.69, 9.17) is 18.9 Å². The molecule has 0 saturated carbocycles. The van der Waals surface area contributed by atoms with E-state index in [2.05, 4.69) is 5.32 Å². The highest BCUT2D eigenvalue weighted by molar-refractivity contribution is 5.92. The van der Waals surface area contributed by atoms with Crippen molar-refractivity contribution in [2.24, 2.45) is 0 Å². The van der Waals surface area contributed by atoms with Gasteiger partial charge in [0.2, 0.25) is 12.7 Å². The first-order valence-corrected chi connectivity index (χ1v) is 7.76. The number of carbonyl (C=O) groups excluding carboxylic acids is 1. The second kappa shape index (κ2) is 7.61. The highest BCUT2D eigenvalue weighted by Crippen LogP contribution is 2.33. The van der Waals surface area contributed by atoms with Crippen LogP contribution in [0.5, 0.6) is 23.0 Å². The van der Waals surface area contributed by atoms with E-state index in [0.717, 1.165) is 16.9 Å². The van der Waals surface area contributed by atoms with Gasteiger partial charge in [-0.3, -0.25) is 4.79 Å². The molecule has 0 radical (unpaired) electrons. The highest BCUT2D eigenvalue weighted by Gasteiger charge is 2.13. The van der Waals surface area contributed by atoms with Crippen LogP contribution in [0.2, 0.25) is 0 Å². The summed E-state index contributed by atoms with van der Waals surface area (Å²) >= 11 is 0. The molecular formula is C19H19NO5. The molecule has 1 heterocycles. The summed E-state index contributed by atoms with van der Waals surface area (Å²) in [5.74, 6) is 2.42. The Morgan fingerprint density at radius 1 is 1.16 bits per heavy atom. The lowest BCUT2D eigenvalue weighted by molar-refractivity contribution is -0.116. The molecule has 1 aliphatic rings. The van der Waals surface area contributed by atoms with Crippen LogP contribution in [-0.4, -0.2) is 26.9 Å². The number of ether oxygens (including phenoxy) is 4. The molecule has 0 fully saturated rings. The largest absolute Gasteiger partial charge is 0.493 e. The SMILES string of the molecule is COc1cccc(/C=C/C(=O)NCc2ccc3c(c2)OCO3)c1OC. The van der Waals surface area contributed by atoms with Crippen LogP contribution in [-0.2, 0) is 11.3 Å². The summed E-state index contributed by atoms with van der Waals surface area (Å²) in [6.07, 6.45) is 3.15. The zero-order valence-corrected chi connectivity index (χ0v) is 14.1. The van der Waals surface area contributed by atoms with Crippen molar-refractivity contribution in [2.75, 3.05) is 21.0 Å². The Labute approximate surface area is 146 Å². The summed E-state index contributed by atoms with van der Waals surface area (Å²) in [5, 5.41) is 2.83. The molecule has 0 unspecified atom stereocenters. The summed E-state index contributed by atoms with van der Waals surface area (Å²) in [4.78, 5) is 12.1. The van der Waals surface area contributed by atoms with Gasteiger partial charge in [0.25, 0.3) is 0 Å². The zero-order chi connectivity index (χ0) is 17.6. The van der Waals surface area contributed by atoms with E-state index in [1.54, 1.807) is 26.4 Å². The monoisotopic (exact) mass is 341 g/mol. The topological polar surface area (TPSA) is 66.0 Å². The zero-order valence-electron chi connectivity index (χ0n) is 14.1. The van der Waals surface area contributed by atoms with E-state index in [-0.39, 0.29) is 12.7 Å². The molecule has 0 saturated heterocycles. The number of rotatable bonds is 6. The quantitative estimate of drug-likeness (QED) is 0.819. The van der Waals surface area contributed by atoms with Crippen LogP contribution < -0.4 is 24.3 Å². The number of amides is 1. The molecule has 2 aromatic rings. The Kier molecular flexibility index (Phi) is 5.09. The maximum absolute atomic E-state index is 12.1. The highest BCUT2D eigenvalue weighted by atomic mass is 16.7. The van der Waals surface area contributed by atoms with Gasteiger partial charge >= 0.3 is 0 Å². The number of para-hydroxylation sites is 1. The maximum atomic E-state index is 12.1. The van der Waals surface area contributed by atoms with Crippen LogP contribution in [0.4, 0.5) is 0 Å². The molecule has 0 atom stereocenters. The maximum Gasteiger partial charge on any atom is 0.244 e. The fourth-order valence-electron chi connectivity index (χ4n) is 2.51. The predicted molar refractivity (Wildman–Crippen MR) is 93.0 cm³/mol. The molecule has 2 aromatic carbocycles. The van der Waals surface area contributed by atoms with Gasteiger partial charge in [-0.25, -0.2) is 0 Å². The predicted octanol–water partition coefficient (Wildman–Crippen LogP) is 2.76. The van der Waals surface area contributed by atoms with Crippen molar-refractivity contribution in [3.63, 3.8) is 0 Å². The van der Waals surface area contributed by atoms with E-state index < -0.39 is 0 Å². The van der Waals surface area contributed by atoms with Gasteiger partial charge in [-0.1, -0.05) is 18.2 Å². The number of hydrogen-bond donors (Lipinski definition) is 1. The van der Waals surface area contributed by atoms with Gasteiger partial charge in [-0.2, -0.15) is 0 Å². The van der Waals surface area contributed by atoms with Crippen LogP contribution in [0.15, 0.2) is 42.5 Å². The molecule has 0 bridgehead atoms. The number of methoxy groups -OCH3 is 2. The van der Waals surface area contributed by atoms with Crippen molar-refractivity contribution in [1.82, 2.24) is 5.32 Å². The average Bonchev–Trinajstić information content (AvgIpc) is 3.11. The standard InChI is InChI=1S/C19H19NO5/c1-22-16-5-3-4-14(19(16)23-2)7-9-18(21)20-11-13-6-8-15-17(10-13)25-12-24-15/h3-10H,11-12H2,1-2H3,(H,20,21)/b9-7+. The minimum Gasteiger partial charge on any atom is -0.493 e. The Morgan fingerprint density at radius 3 is 2.80 bits per heavy atom. The summed E-state index contributed by atoms with van der Waals surface area (Å²) in [5.41, 5.74) is 1.70. The van der Waals surface area contributed by atoms with Gasteiger partial charge in [0.1, 0.15) is 0 Å². The van der Waals surface area contributed by atoms with Crippen molar-refractivity contribution < 1.29 is 23.7 Å². The molecular weight excluding hydrogens is 322 g/mol. The molecule has 1 N–H and O–H groups in total. The molecule has 130 valence electrons. The lowest BCUT2D eigenvalue weighted by atomic mass is 10.1. The summed E-state index contributed by atoms with van der Waals surface area (Å²) in [6, 6.07) is 11.1. The molecule has 0 aromatic heterocycles. The fraction of sp³-hybridized carbons (Fsp3) is 0.211. The van der Waals surface area contributed by atoms with Crippen LogP contribution >= 0.6 is 0 Å². The second-order valence-corrected chi connectivity index (χ2v) is 5.32. The molecule has 0 spiro atoms. The lowest BCUT2D eigenvalue weighted by Gasteiger charge is -2.09. The number of fused-ring (bicyclic) bond motifs is 1. The minimum atomic E-state index is -0.206. The first-order chi connectivity index (χ1) is 12.2. The normalized spacial score (nSPS) is 12.2. The molecule has 0 aliphatic carbocycles. The van der Waals surface area contributed by atoms with Gasteiger partial charge in [0.05, 0.1) is 14.2 Å². The van der Waals surface area contributed by atoms with Crippen LogP contribution in [0, 0.1) is 0 Å². The third kappa shape index (κ3) is 3.85. The van der Waals surface area contributed by atoms with E-state index >= 15 is 0 Å². The number of hydrogen-bond acceptors (Lipinski definition) is 5. The Bertz CT molecular complexity index is 800. The summed E-state index contributed by atoms with van der Waals surface area (Å²) in [7, 11) is 3.14. The number of benzene rings is 2. The van der Waals surface area contributed by atoms with E-state index in [0.29, 0.717) is 23.8 Å². The molecule has 6 nitrogen and oxygen atoms in total. The van der Waals surface area contributed by atoms with E-state index in [9.17, 15) is 4.79 Å². The van der Waals surface area contributed by atoms with Gasteiger partial charge < -0.3 is 24.3 Å². The smallest absolute Gasteiger partial charge is 0.244 e. The van der Waals surface area contributed by atoms with Crippen LogP contribution in [0.1, 0.15) is 11.1 Å². The van der Waals surface area contributed by atoms with E-state index in [1.807, 2.05) is 30.3 Å². The fourth-order valence-corrected chi connectivity index (χ4v) is 2.51. The van der Waals surface area contributed by atoms with Crippen molar-refractivity contribution in [3.05, 3.63) is 53.6 Å². The number of carbonyl (C=O) groups is 1. The van der Waals surface area contributed by atoms with Gasteiger partial charge in [-0.05, 0) is 29.8 Å². The third-order valence-electron chi connectivity index (χ3n) is 3.75. The third-order valence-corrected chi connectivity index (χ3v) is 3.75. The van der Waals surface area contributed by atoms with Crippen molar-refractivity contribution >= 4 is 12.0 Å². The van der Waals surface area contributed by atoms with Crippen LogP contribution in [0.25, 0.3) is 6.08 Å². The second-order valence-electron chi connectivity index (χ2n) is 5.32. The molecule has 1 aliphatic heterocycles. The Balaban J connectivity index is 1.62. The van der Waals surface area contributed by atoms with Crippen molar-refractivity contribution in [3.8, 4) is 23.0 Å². The summed E-state index contributed by atoms with van der Waals surface area (Å²) < 4.78 is 21.2. The molecule has 6 heteroatoms. The van der Waals surface area contributed by atoms with Gasteiger partial charge in [-0.15, -0.1) is 0 Å². The van der Waals surface area contributed by atoms with Crippen molar-refractivity contribution in [1.29, 1.82) is 0 Å². The average molecular weight is 341 g/mol. The van der Waals surface area contributed by atoms with Gasteiger partial charge in [0, 0.05) is 18.2 Å². The Hall–Kier alpha value is -3.15. The lowest BCUT2D eigenvalue weighted by Crippen LogP contribution is -2.20. The molecule has 25 heavy (non-hydrogen) atoms. The molecule has 1 amide bonds. The number of nitrogens with one attached hydrogen (secondary N) is 1. The first-order valence-electron chi connectivity index (χ1n) is 7.76. The summed E-state index contributed by atoms with van der Waals surface area (Å²) in [6.45, 7) is 0.630.